The van der Waals surface area contributed by atoms with Crippen LogP contribution >= 0.6 is 0 Å². The number of rotatable bonds is 2. The second kappa shape index (κ2) is 3.57. The maximum Gasteiger partial charge on any atom is 0.178 e. The summed E-state index contributed by atoms with van der Waals surface area (Å²) in [6, 6.07) is 5.57. The van der Waals surface area contributed by atoms with Gasteiger partial charge in [-0.05, 0) is 43.9 Å². The molecule has 1 heterocycles. The number of fused-ring (bicyclic) bond motifs is 1. The van der Waals surface area contributed by atoms with Gasteiger partial charge in [-0.25, -0.2) is 8.42 Å². The van der Waals surface area contributed by atoms with Crippen LogP contribution in [0, 0.1) is 0 Å². The van der Waals surface area contributed by atoms with Crippen molar-refractivity contribution in [2.45, 2.75) is 37.1 Å². The summed E-state index contributed by atoms with van der Waals surface area (Å²) in [7, 11) is -3.00. The third-order valence-corrected chi connectivity index (χ3v) is 4.57. The van der Waals surface area contributed by atoms with Crippen LogP contribution in [0.2, 0.25) is 0 Å². The molecule has 16 heavy (non-hydrogen) atoms. The van der Waals surface area contributed by atoms with Gasteiger partial charge in [0.2, 0.25) is 0 Å². The van der Waals surface area contributed by atoms with Crippen LogP contribution in [0.4, 0.5) is 0 Å². The molecule has 0 bridgehead atoms. The van der Waals surface area contributed by atoms with Gasteiger partial charge < -0.3 is 5.73 Å². The van der Waals surface area contributed by atoms with Gasteiger partial charge >= 0.3 is 0 Å². The summed E-state index contributed by atoms with van der Waals surface area (Å²) < 4.78 is 23.2. The van der Waals surface area contributed by atoms with Crippen molar-refractivity contribution in [2.75, 3.05) is 5.75 Å². The van der Waals surface area contributed by atoms with Gasteiger partial charge in [-0.1, -0.05) is 12.1 Å². The summed E-state index contributed by atoms with van der Waals surface area (Å²) in [5.74, 6) is 0.248. The van der Waals surface area contributed by atoms with Crippen LogP contribution in [-0.4, -0.2) is 19.7 Å². The molecule has 1 aliphatic rings. The van der Waals surface area contributed by atoms with Crippen LogP contribution in [0.25, 0.3) is 0 Å². The molecule has 0 radical (unpaired) electrons. The minimum absolute atomic E-state index is 0.248. The lowest BCUT2D eigenvalue weighted by molar-refractivity contribution is 0.516. The molecule has 0 spiro atoms. The van der Waals surface area contributed by atoms with E-state index >= 15 is 0 Å². The quantitative estimate of drug-likeness (QED) is 0.846. The van der Waals surface area contributed by atoms with Crippen LogP contribution in [0.15, 0.2) is 23.1 Å². The summed E-state index contributed by atoms with van der Waals surface area (Å²) in [5.41, 5.74) is 7.75. The van der Waals surface area contributed by atoms with Crippen molar-refractivity contribution in [3.05, 3.63) is 29.3 Å². The van der Waals surface area contributed by atoms with E-state index in [4.69, 9.17) is 5.73 Å². The fourth-order valence-electron chi connectivity index (χ4n) is 2.12. The lowest BCUT2D eigenvalue weighted by Crippen LogP contribution is -2.34. The molecule has 0 unspecified atom stereocenters. The molecule has 2 N–H and O–H groups in total. The van der Waals surface area contributed by atoms with E-state index in [1.165, 1.54) is 0 Å². The lowest BCUT2D eigenvalue weighted by atomic mass is 9.95. The first-order valence-corrected chi connectivity index (χ1v) is 7.07. The van der Waals surface area contributed by atoms with Crippen LogP contribution < -0.4 is 5.73 Å². The molecular formula is C12H17NO2S. The van der Waals surface area contributed by atoms with E-state index in [1.54, 1.807) is 6.07 Å². The Bertz CT molecular complexity index is 512. The topological polar surface area (TPSA) is 60.2 Å². The Morgan fingerprint density at radius 3 is 2.69 bits per heavy atom. The maximum atomic E-state index is 11.6. The molecule has 0 fully saturated rings. The van der Waals surface area contributed by atoms with Crippen molar-refractivity contribution >= 4 is 9.84 Å². The molecule has 1 aliphatic heterocycles. The number of hydrogen-bond donors (Lipinski definition) is 1. The third kappa shape index (κ3) is 2.28. The summed E-state index contributed by atoms with van der Waals surface area (Å²) in [4.78, 5) is 0.506. The second-order valence-corrected chi connectivity index (χ2v) is 7.25. The molecule has 2 rings (SSSR count). The number of hydrogen-bond acceptors (Lipinski definition) is 3. The largest absolute Gasteiger partial charge is 0.325 e. The molecular weight excluding hydrogens is 222 g/mol. The van der Waals surface area contributed by atoms with Gasteiger partial charge in [-0.15, -0.1) is 0 Å². The zero-order valence-electron chi connectivity index (χ0n) is 9.66. The van der Waals surface area contributed by atoms with Gasteiger partial charge in [0.15, 0.2) is 9.84 Å². The fourth-order valence-corrected chi connectivity index (χ4v) is 3.67. The van der Waals surface area contributed by atoms with E-state index in [2.05, 4.69) is 0 Å². The SMILES string of the molecule is CC(C)(N)Cc1ccc2c(c1)CCS2(=O)=O. The average molecular weight is 239 g/mol. The fraction of sp³-hybridized carbons (Fsp3) is 0.500. The number of nitrogens with two attached hydrogens (primary N) is 1. The monoisotopic (exact) mass is 239 g/mol. The highest BCUT2D eigenvalue weighted by Crippen LogP contribution is 2.27. The maximum absolute atomic E-state index is 11.6. The predicted octanol–water partition coefficient (Wildman–Crippen LogP) is 1.30. The van der Waals surface area contributed by atoms with Gasteiger partial charge in [0.1, 0.15) is 0 Å². The zero-order valence-corrected chi connectivity index (χ0v) is 10.5. The van der Waals surface area contributed by atoms with Crippen molar-refractivity contribution in [2.24, 2.45) is 5.73 Å². The molecule has 1 aromatic rings. The molecule has 0 atom stereocenters. The Balaban J connectivity index is 2.36. The third-order valence-electron chi connectivity index (χ3n) is 2.76. The molecule has 3 nitrogen and oxygen atoms in total. The van der Waals surface area contributed by atoms with E-state index in [0.29, 0.717) is 11.3 Å². The molecule has 0 saturated carbocycles. The number of sulfone groups is 1. The molecule has 0 aromatic heterocycles. The number of aryl methyl sites for hydroxylation is 1. The first kappa shape index (κ1) is 11.6. The van der Waals surface area contributed by atoms with E-state index in [9.17, 15) is 8.42 Å². The second-order valence-electron chi connectivity index (χ2n) is 5.18. The molecule has 88 valence electrons. The minimum Gasteiger partial charge on any atom is -0.325 e. The highest BCUT2D eigenvalue weighted by atomic mass is 32.2. The molecule has 4 heteroatoms. The molecule has 1 aromatic carbocycles. The first-order valence-electron chi connectivity index (χ1n) is 5.41. The van der Waals surface area contributed by atoms with Gasteiger partial charge in [-0.2, -0.15) is 0 Å². The van der Waals surface area contributed by atoms with Gasteiger partial charge in [0, 0.05) is 5.54 Å². The standard InChI is InChI=1S/C12H17NO2S/c1-12(2,13)8-9-3-4-11-10(7-9)5-6-16(11,14)15/h3-4,7H,5-6,8,13H2,1-2H3. The summed E-state index contributed by atoms with van der Waals surface area (Å²) >= 11 is 0. The highest BCUT2D eigenvalue weighted by Gasteiger charge is 2.26. The van der Waals surface area contributed by atoms with Crippen LogP contribution in [0.1, 0.15) is 25.0 Å². The lowest BCUT2D eigenvalue weighted by Gasteiger charge is -2.18. The van der Waals surface area contributed by atoms with E-state index in [0.717, 1.165) is 17.5 Å². The van der Waals surface area contributed by atoms with Crippen LogP contribution in [-0.2, 0) is 22.7 Å². The highest BCUT2D eigenvalue weighted by molar-refractivity contribution is 7.91. The Labute approximate surface area is 96.6 Å². The smallest absolute Gasteiger partial charge is 0.178 e. The summed E-state index contributed by atoms with van der Waals surface area (Å²) in [6.45, 7) is 3.94. The van der Waals surface area contributed by atoms with Crippen LogP contribution in [0.3, 0.4) is 0 Å². The Hall–Kier alpha value is -0.870. The van der Waals surface area contributed by atoms with Crippen LogP contribution in [0.5, 0.6) is 0 Å². The Kier molecular flexibility index (Phi) is 2.59. The normalized spacial score (nSPS) is 18.4. The van der Waals surface area contributed by atoms with Crippen molar-refractivity contribution < 1.29 is 8.42 Å². The minimum atomic E-state index is -3.00. The average Bonchev–Trinajstić information content (AvgIpc) is 2.39. The zero-order chi connectivity index (χ0) is 12.0. The van der Waals surface area contributed by atoms with Crippen molar-refractivity contribution in [1.82, 2.24) is 0 Å². The Morgan fingerprint density at radius 1 is 1.38 bits per heavy atom. The van der Waals surface area contributed by atoms with E-state index in [-0.39, 0.29) is 11.3 Å². The van der Waals surface area contributed by atoms with Crippen molar-refractivity contribution in [3.63, 3.8) is 0 Å². The molecule has 0 saturated heterocycles. The molecule has 0 aliphatic carbocycles. The predicted molar refractivity (Wildman–Crippen MR) is 64.2 cm³/mol. The van der Waals surface area contributed by atoms with Crippen molar-refractivity contribution in [3.8, 4) is 0 Å². The van der Waals surface area contributed by atoms with Crippen molar-refractivity contribution in [1.29, 1.82) is 0 Å². The van der Waals surface area contributed by atoms with Gasteiger partial charge in [0.25, 0.3) is 0 Å². The van der Waals surface area contributed by atoms with Gasteiger partial charge in [-0.3, -0.25) is 0 Å². The summed E-state index contributed by atoms with van der Waals surface area (Å²) in [5, 5.41) is 0. The first-order chi connectivity index (χ1) is 7.28. The van der Waals surface area contributed by atoms with E-state index < -0.39 is 9.84 Å². The Morgan fingerprint density at radius 2 is 2.06 bits per heavy atom. The van der Waals surface area contributed by atoms with E-state index in [1.807, 2.05) is 26.0 Å². The number of benzene rings is 1. The van der Waals surface area contributed by atoms with Gasteiger partial charge in [0.05, 0.1) is 10.6 Å². The molecule has 0 amide bonds. The summed E-state index contributed by atoms with van der Waals surface area (Å²) in [6.07, 6.45) is 1.40.